The van der Waals surface area contributed by atoms with Crippen LogP contribution in [0.1, 0.15) is 60.7 Å². The molecule has 9 nitrogen and oxygen atoms in total. The summed E-state index contributed by atoms with van der Waals surface area (Å²) < 4.78 is 5.11. The number of ketones is 1. The fourth-order valence-corrected chi connectivity index (χ4v) is 2.68. The van der Waals surface area contributed by atoms with Crippen molar-refractivity contribution < 1.29 is 24.0 Å². The molecule has 0 aromatic carbocycles. The lowest BCUT2D eigenvalue weighted by Gasteiger charge is -2.18. The highest BCUT2D eigenvalue weighted by atomic mass is 16.5. The van der Waals surface area contributed by atoms with Crippen molar-refractivity contribution in [1.29, 1.82) is 0 Å². The van der Waals surface area contributed by atoms with Gasteiger partial charge in [-0.1, -0.05) is 11.6 Å². The molecule has 0 radical (unpaired) electrons. The van der Waals surface area contributed by atoms with Crippen molar-refractivity contribution in [3.8, 4) is 0 Å². The number of aliphatic hydroxyl groups excluding tert-OH is 1. The van der Waals surface area contributed by atoms with Gasteiger partial charge in [-0.25, -0.2) is 0 Å². The van der Waals surface area contributed by atoms with Gasteiger partial charge >= 0.3 is 0 Å². The number of aromatic nitrogens is 1. The van der Waals surface area contributed by atoms with Crippen molar-refractivity contribution in [2.45, 2.75) is 50.5 Å². The molecule has 6 N–H and O–H groups in total. The van der Waals surface area contributed by atoms with E-state index in [2.05, 4.69) is 10.5 Å². The number of hydrogen-bond acceptors (Lipinski definition) is 7. The minimum atomic E-state index is -1.13. The Balaban J connectivity index is 1.91. The first-order chi connectivity index (χ1) is 12.5. The molecule has 0 aliphatic heterocycles. The third-order valence-electron chi connectivity index (χ3n) is 4.47. The lowest BCUT2D eigenvalue weighted by Crippen LogP contribution is -2.44. The monoisotopic (exact) mass is 366 g/mol. The third kappa shape index (κ3) is 5.63. The minimum absolute atomic E-state index is 0.0625. The Morgan fingerprint density at radius 2 is 2.08 bits per heavy atom. The Morgan fingerprint density at radius 3 is 2.65 bits per heavy atom. The number of nitrogens with two attached hydrogens (primary N) is 2. The maximum absolute atomic E-state index is 12.4. The molecule has 1 aromatic heterocycles. The van der Waals surface area contributed by atoms with Crippen molar-refractivity contribution in [2.75, 3.05) is 13.2 Å². The first-order valence-electron chi connectivity index (χ1n) is 8.86. The van der Waals surface area contributed by atoms with Crippen molar-refractivity contribution in [2.24, 2.45) is 17.4 Å². The number of carbonyl (C=O) groups excluding carboxylic acids is 3. The van der Waals surface area contributed by atoms with E-state index < -0.39 is 36.2 Å². The van der Waals surface area contributed by atoms with Crippen LogP contribution >= 0.6 is 0 Å². The van der Waals surface area contributed by atoms with Crippen LogP contribution in [0.2, 0.25) is 0 Å². The number of rotatable bonds is 12. The van der Waals surface area contributed by atoms with E-state index in [-0.39, 0.29) is 12.1 Å². The van der Waals surface area contributed by atoms with Crippen molar-refractivity contribution in [3.05, 3.63) is 17.5 Å². The molecule has 1 aliphatic rings. The van der Waals surface area contributed by atoms with Gasteiger partial charge in [-0.05, 0) is 32.2 Å². The van der Waals surface area contributed by atoms with E-state index in [1.807, 2.05) is 0 Å². The Labute approximate surface area is 151 Å². The van der Waals surface area contributed by atoms with Crippen LogP contribution in [-0.2, 0) is 9.59 Å². The van der Waals surface area contributed by atoms with E-state index in [4.69, 9.17) is 16.0 Å². The van der Waals surface area contributed by atoms with E-state index in [1.165, 1.54) is 0 Å². The topological polar surface area (TPSA) is 162 Å². The van der Waals surface area contributed by atoms with Gasteiger partial charge in [0.25, 0.3) is 5.91 Å². The van der Waals surface area contributed by atoms with Crippen molar-refractivity contribution in [3.63, 3.8) is 0 Å². The predicted octanol–water partition coefficient (Wildman–Crippen LogP) is -0.168. The van der Waals surface area contributed by atoms with Crippen LogP contribution in [0.15, 0.2) is 10.6 Å². The highest BCUT2D eigenvalue weighted by Gasteiger charge is 2.30. The quantitative estimate of drug-likeness (QED) is 0.373. The number of hydrogen-bond donors (Lipinski definition) is 4. The molecule has 1 aromatic rings. The highest BCUT2D eigenvalue weighted by Crippen LogP contribution is 2.40. The maximum atomic E-state index is 12.4. The fraction of sp³-hybridized carbons (Fsp3) is 0.647. The first kappa shape index (κ1) is 20.1. The molecular weight excluding hydrogens is 340 g/mol. The standard InChI is InChI=1S/C17H26N4O5/c18-6-2-1-3-11(16(19)24)7-14(23)13(9-22)20-17(25)12-8-15(26-21-12)10-4-5-10/h8,10-11,13,22H,1-7,9,18H2,(H2,19,24)(H,20,25)/t11-,13+/m1/s1. The maximum Gasteiger partial charge on any atom is 0.274 e. The second-order valence-electron chi connectivity index (χ2n) is 6.65. The molecular formula is C17H26N4O5. The molecule has 1 aliphatic carbocycles. The van der Waals surface area contributed by atoms with Crippen molar-refractivity contribution in [1.82, 2.24) is 10.5 Å². The molecule has 2 rings (SSSR count). The number of primary amides is 1. The zero-order valence-electron chi connectivity index (χ0n) is 14.6. The van der Waals surface area contributed by atoms with E-state index in [9.17, 15) is 19.5 Å². The van der Waals surface area contributed by atoms with Gasteiger partial charge in [0.15, 0.2) is 11.5 Å². The lowest BCUT2D eigenvalue weighted by molar-refractivity contribution is -0.129. The third-order valence-corrected chi connectivity index (χ3v) is 4.47. The van der Waals surface area contributed by atoms with Gasteiger partial charge in [0.05, 0.1) is 6.61 Å². The molecule has 9 heteroatoms. The van der Waals surface area contributed by atoms with Crippen LogP contribution in [0.5, 0.6) is 0 Å². The largest absolute Gasteiger partial charge is 0.394 e. The summed E-state index contributed by atoms with van der Waals surface area (Å²) in [6.45, 7) is -0.0819. The van der Waals surface area contributed by atoms with Crippen molar-refractivity contribution >= 4 is 17.6 Å². The molecule has 0 bridgehead atoms. The van der Waals surface area contributed by atoms with Crippen LogP contribution in [0.4, 0.5) is 0 Å². The average Bonchev–Trinajstić information content (AvgIpc) is 3.35. The normalized spacial score (nSPS) is 16.1. The molecule has 2 amide bonds. The van der Waals surface area contributed by atoms with Crippen LogP contribution < -0.4 is 16.8 Å². The lowest BCUT2D eigenvalue weighted by atomic mass is 9.93. The number of Topliss-reactive ketones (excluding diaryl/α,β-unsaturated/α-hetero) is 1. The smallest absolute Gasteiger partial charge is 0.274 e. The molecule has 1 fully saturated rings. The Kier molecular flexibility index (Phi) is 7.28. The molecule has 26 heavy (non-hydrogen) atoms. The molecule has 1 heterocycles. The van der Waals surface area contributed by atoms with E-state index in [0.29, 0.717) is 31.1 Å². The van der Waals surface area contributed by atoms with Gasteiger partial charge in [0.1, 0.15) is 11.8 Å². The average molecular weight is 366 g/mol. The minimum Gasteiger partial charge on any atom is -0.394 e. The summed E-state index contributed by atoms with van der Waals surface area (Å²) in [6, 6.07) is 0.422. The van der Waals surface area contributed by atoms with Crippen LogP contribution in [0.25, 0.3) is 0 Å². The summed E-state index contributed by atoms with van der Waals surface area (Å²) in [6.07, 6.45) is 3.72. The van der Waals surface area contributed by atoms with Gasteiger partial charge in [-0.3, -0.25) is 14.4 Å². The summed E-state index contributed by atoms with van der Waals surface area (Å²) in [7, 11) is 0. The van der Waals surface area contributed by atoms with E-state index in [0.717, 1.165) is 19.3 Å². The Bertz CT molecular complexity index is 641. The van der Waals surface area contributed by atoms with Crippen LogP contribution in [0, 0.1) is 5.92 Å². The van der Waals surface area contributed by atoms with E-state index in [1.54, 1.807) is 6.07 Å². The summed E-state index contributed by atoms with van der Waals surface area (Å²) in [4.78, 5) is 36.1. The van der Waals surface area contributed by atoms with Gasteiger partial charge in [0, 0.05) is 24.3 Å². The molecule has 0 spiro atoms. The van der Waals surface area contributed by atoms with Gasteiger partial charge in [-0.2, -0.15) is 0 Å². The van der Waals surface area contributed by atoms with Gasteiger partial charge in [-0.15, -0.1) is 0 Å². The van der Waals surface area contributed by atoms with Gasteiger partial charge < -0.3 is 26.4 Å². The Hall–Kier alpha value is -2.26. The van der Waals surface area contributed by atoms with Crippen LogP contribution in [0.3, 0.4) is 0 Å². The molecule has 0 unspecified atom stereocenters. The second-order valence-corrected chi connectivity index (χ2v) is 6.65. The zero-order chi connectivity index (χ0) is 19.1. The predicted molar refractivity (Wildman–Crippen MR) is 92.0 cm³/mol. The highest BCUT2D eigenvalue weighted by molar-refractivity contribution is 5.97. The number of aliphatic hydroxyl groups is 1. The number of nitrogens with one attached hydrogen (secondary N) is 1. The number of amides is 2. The first-order valence-corrected chi connectivity index (χ1v) is 8.86. The summed E-state index contributed by atoms with van der Waals surface area (Å²) in [5.74, 6) is -1.33. The molecule has 0 saturated heterocycles. The van der Waals surface area contributed by atoms with E-state index >= 15 is 0 Å². The SMILES string of the molecule is NCCCC[C@H](CC(=O)[C@H](CO)NC(=O)c1cc(C2CC2)on1)C(N)=O. The summed E-state index contributed by atoms with van der Waals surface area (Å²) in [5, 5.41) is 15.6. The fourth-order valence-electron chi connectivity index (χ4n) is 2.68. The summed E-state index contributed by atoms with van der Waals surface area (Å²) >= 11 is 0. The van der Waals surface area contributed by atoms with Gasteiger partial charge in [0.2, 0.25) is 5.91 Å². The molecule has 1 saturated carbocycles. The number of unbranched alkanes of at least 4 members (excludes halogenated alkanes) is 1. The second kappa shape index (κ2) is 9.44. The molecule has 144 valence electrons. The number of nitrogens with zero attached hydrogens (tertiary/aromatic N) is 1. The van der Waals surface area contributed by atoms with Crippen LogP contribution in [-0.4, -0.2) is 47.1 Å². The zero-order valence-corrected chi connectivity index (χ0v) is 14.6. The molecule has 2 atom stereocenters. The Morgan fingerprint density at radius 1 is 1.35 bits per heavy atom. The number of carbonyl (C=O) groups is 3. The summed E-state index contributed by atoms with van der Waals surface area (Å²) in [5.41, 5.74) is 10.8.